The number of carboxylic acid groups (broad SMARTS) is 1. The van der Waals surface area contributed by atoms with Crippen LogP contribution in [-0.4, -0.2) is 40.4 Å². The zero-order chi connectivity index (χ0) is 19.4. The summed E-state index contributed by atoms with van der Waals surface area (Å²) in [4.78, 5) is 38.2. The molecule has 1 aromatic heterocycles. The number of carbonyl (C=O) groups is 3. The van der Waals surface area contributed by atoms with Crippen molar-refractivity contribution in [3.63, 3.8) is 0 Å². The summed E-state index contributed by atoms with van der Waals surface area (Å²) in [5.74, 6) is -1.97. The van der Waals surface area contributed by atoms with Crippen molar-refractivity contribution in [3.8, 4) is 0 Å². The maximum atomic E-state index is 12.8. The maximum absolute atomic E-state index is 12.8. The van der Waals surface area contributed by atoms with Crippen LogP contribution < -0.4 is 5.32 Å². The number of benzene rings is 1. The van der Waals surface area contributed by atoms with Gasteiger partial charge in [-0.25, -0.2) is 0 Å². The minimum absolute atomic E-state index is 0.215. The van der Waals surface area contributed by atoms with Gasteiger partial charge in [-0.1, -0.05) is 12.1 Å². The van der Waals surface area contributed by atoms with E-state index in [1.165, 1.54) is 6.26 Å². The molecule has 0 radical (unpaired) electrons. The molecule has 142 valence electrons. The van der Waals surface area contributed by atoms with E-state index in [1.54, 1.807) is 48.2 Å². The number of carbonyl (C=O) groups excluding carboxylic acids is 2. The molecular weight excluding hydrogens is 348 g/mol. The Balaban J connectivity index is 1.75. The highest BCUT2D eigenvalue weighted by atomic mass is 16.4. The number of furan rings is 1. The molecule has 0 saturated carbocycles. The van der Waals surface area contributed by atoms with E-state index in [9.17, 15) is 14.4 Å². The minimum Gasteiger partial charge on any atom is -0.481 e. The molecule has 2 unspecified atom stereocenters. The first-order valence-corrected chi connectivity index (χ1v) is 8.95. The van der Waals surface area contributed by atoms with Crippen molar-refractivity contribution >= 4 is 23.5 Å². The van der Waals surface area contributed by atoms with Crippen LogP contribution in [0.1, 0.15) is 48.2 Å². The quantitative estimate of drug-likeness (QED) is 0.842. The summed E-state index contributed by atoms with van der Waals surface area (Å²) in [6.45, 7) is 2.09. The molecule has 2 amide bonds. The Morgan fingerprint density at radius 2 is 2.04 bits per heavy atom. The number of hydrogen-bond donors (Lipinski definition) is 2. The Labute approximate surface area is 157 Å². The molecule has 2 N–H and O–H groups in total. The first kappa shape index (κ1) is 18.7. The van der Waals surface area contributed by atoms with Gasteiger partial charge < -0.3 is 19.7 Å². The van der Waals surface area contributed by atoms with Crippen LogP contribution in [-0.2, 0) is 9.59 Å². The molecule has 2 heterocycles. The number of anilines is 1. The first-order chi connectivity index (χ1) is 13.0. The second-order valence-corrected chi connectivity index (χ2v) is 6.66. The predicted molar refractivity (Wildman–Crippen MR) is 98.5 cm³/mol. The Hall–Kier alpha value is -3.09. The van der Waals surface area contributed by atoms with Gasteiger partial charge in [0.25, 0.3) is 5.91 Å². The van der Waals surface area contributed by atoms with Crippen molar-refractivity contribution < 1.29 is 23.9 Å². The van der Waals surface area contributed by atoms with E-state index in [4.69, 9.17) is 9.52 Å². The van der Waals surface area contributed by atoms with Gasteiger partial charge in [-0.15, -0.1) is 0 Å². The lowest BCUT2D eigenvalue weighted by atomic mass is 9.99. The number of hydrogen-bond acceptors (Lipinski definition) is 4. The highest BCUT2D eigenvalue weighted by Crippen LogP contribution is 2.23. The number of piperidine rings is 1. The van der Waals surface area contributed by atoms with E-state index in [0.717, 1.165) is 12.8 Å². The molecule has 2 atom stereocenters. The zero-order valence-electron chi connectivity index (χ0n) is 15.1. The van der Waals surface area contributed by atoms with Crippen LogP contribution in [0, 0.1) is 0 Å². The molecule has 1 aliphatic heterocycles. The number of likely N-dealkylation sites (tertiary alicyclic amines) is 1. The van der Waals surface area contributed by atoms with Gasteiger partial charge in [-0.2, -0.15) is 0 Å². The van der Waals surface area contributed by atoms with Crippen LogP contribution >= 0.6 is 0 Å². The van der Waals surface area contributed by atoms with Crippen molar-refractivity contribution in [2.24, 2.45) is 0 Å². The van der Waals surface area contributed by atoms with Crippen LogP contribution in [0.3, 0.4) is 0 Å². The lowest BCUT2D eigenvalue weighted by Gasteiger charge is -2.34. The minimum atomic E-state index is -0.930. The van der Waals surface area contributed by atoms with Crippen LogP contribution in [0.4, 0.5) is 5.69 Å². The van der Waals surface area contributed by atoms with Gasteiger partial charge in [-0.3, -0.25) is 14.4 Å². The lowest BCUT2D eigenvalue weighted by molar-refractivity contribution is -0.138. The van der Waals surface area contributed by atoms with E-state index < -0.39 is 17.9 Å². The van der Waals surface area contributed by atoms with Gasteiger partial charge >= 0.3 is 5.97 Å². The molecule has 1 fully saturated rings. The maximum Gasteiger partial charge on any atom is 0.310 e. The smallest absolute Gasteiger partial charge is 0.310 e. The van der Waals surface area contributed by atoms with Crippen LogP contribution in [0.5, 0.6) is 0 Å². The molecular formula is C20H22N2O5. The summed E-state index contributed by atoms with van der Waals surface area (Å²) in [5.41, 5.74) is 1.12. The average Bonchev–Trinajstić information content (AvgIpc) is 3.21. The standard InChI is InChI=1S/C20H22N2O5/c1-13(20(25)26)14-6-4-7-15(12-14)21-18(23)16-8-2-3-10-22(16)19(24)17-9-5-11-27-17/h4-7,9,11-13,16H,2-3,8,10H2,1H3,(H,21,23)(H,25,26). The highest BCUT2D eigenvalue weighted by molar-refractivity contribution is 6.00. The SMILES string of the molecule is CC(C(=O)O)c1cccc(NC(=O)C2CCCCN2C(=O)c2ccco2)c1. The van der Waals surface area contributed by atoms with E-state index >= 15 is 0 Å². The van der Waals surface area contributed by atoms with E-state index in [1.807, 2.05) is 0 Å². The Morgan fingerprint density at radius 1 is 1.22 bits per heavy atom. The van der Waals surface area contributed by atoms with Gasteiger partial charge in [0.1, 0.15) is 6.04 Å². The van der Waals surface area contributed by atoms with Gasteiger partial charge in [0, 0.05) is 12.2 Å². The summed E-state index contributed by atoms with van der Waals surface area (Å²) >= 11 is 0. The number of rotatable bonds is 5. The molecule has 0 bridgehead atoms. The molecule has 7 nitrogen and oxygen atoms in total. The van der Waals surface area contributed by atoms with Crippen molar-refractivity contribution in [2.45, 2.75) is 38.1 Å². The van der Waals surface area contributed by atoms with E-state index in [0.29, 0.717) is 24.2 Å². The molecule has 27 heavy (non-hydrogen) atoms. The summed E-state index contributed by atoms with van der Waals surface area (Å²) in [7, 11) is 0. The van der Waals surface area contributed by atoms with Gasteiger partial charge in [-0.05, 0) is 56.0 Å². The third-order valence-corrected chi connectivity index (χ3v) is 4.82. The highest BCUT2D eigenvalue weighted by Gasteiger charge is 2.33. The predicted octanol–water partition coefficient (Wildman–Crippen LogP) is 3.10. The number of nitrogens with zero attached hydrogens (tertiary/aromatic N) is 1. The molecule has 0 spiro atoms. The Bertz CT molecular complexity index is 831. The molecule has 3 rings (SSSR count). The zero-order valence-corrected chi connectivity index (χ0v) is 15.1. The Kier molecular flexibility index (Phi) is 5.59. The Morgan fingerprint density at radius 3 is 2.74 bits per heavy atom. The number of carboxylic acids is 1. The fraction of sp³-hybridized carbons (Fsp3) is 0.350. The van der Waals surface area contributed by atoms with Crippen LogP contribution in [0.2, 0.25) is 0 Å². The largest absolute Gasteiger partial charge is 0.481 e. The summed E-state index contributed by atoms with van der Waals surface area (Å²) < 4.78 is 5.18. The van der Waals surface area contributed by atoms with Gasteiger partial charge in [0.15, 0.2) is 5.76 Å². The molecule has 1 saturated heterocycles. The summed E-state index contributed by atoms with van der Waals surface area (Å²) in [6.07, 6.45) is 3.70. The monoisotopic (exact) mass is 370 g/mol. The van der Waals surface area contributed by atoms with Crippen molar-refractivity contribution in [3.05, 3.63) is 54.0 Å². The van der Waals surface area contributed by atoms with Gasteiger partial charge in [0.2, 0.25) is 5.91 Å². The normalized spacial score (nSPS) is 18.0. The van der Waals surface area contributed by atoms with Crippen molar-refractivity contribution in [2.75, 3.05) is 11.9 Å². The number of aliphatic carboxylic acids is 1. The van der Waals surface area contributed by atoms with Gasteiger partial charge in [0.05, 0.1) is 12.2 Å². The van der Waals surface area contributed by atoms with E-state index in [2.05, 4.69) is 5.32 Å². The number of nitrogens with one attached hydrogen (secondary N) is 1. The molecule has 1 aromatic carbocycles. The van der Waals surface area contributed by atoms with Crippen LogP contribution in [0.15, 0.2) is 47.1 Å². The average molecular weight is 370 g/mol. The lowest BCUT2D eigenvalue weighted by Crippen LogP contribution is -2.49. The number of amides is 2. The third kappa shape index (κ3) is 4.19. The second kappa shape index (κ2) is 8.07. The fourth-order valence-corrected chi connectivity index (χ4v) is 3.24. The summed E-state index contributed by atoms with van der Waals surface area (Å²) in [5, 5.41) is 12.0. The van der Waals surface area contributed by atoms with E-state index in [-0.39, 0.29) is 17.6 Å². The van der Waals surface area contributed by atoms with Crippen LogP contribution in [0.25, 0.3) is 0 Å². The molecule has 2 aromatic rings. The molecule has 7 heteroatoms. The topological polar surface area (TPSA) is 99.9 Å². The second-order valence-electron chi connectivity index (χ2n) is 6.66. The first-order valence-electron chi connectivity index (χ1n) is 8.95. The summed E-state index contributed by atoms with van der Waals surface area (Å²) in [6, 6.07) is 9.41. The molecule has 1 aliphatic rings. The third-order valence-electron chi connectivity index (χ3n) is 4.82. The molecule has 0 aliphatic carbocycles. The van der Waals surface area contributed by atoms with Crippen molar-refractivity contribution in [1.82, 2.24) is 4.90 Å². The fourth-order valence-electron chi connectivity index (χ4n) is 3.24. The van der Waals surface area contributed by atoms with Crippen molar-refractivity contribution in [1.29, 1.82) is 0 Å².